The zero-order chi connectivity index (χ0) is 10.8. The van der Waals surface area contributed by atoms with Crippen molar-refractivity contribution in [1.82, 2.24) is 0 Å². The van der Waals surface area contributed by atoms with Gasteiger partial charge in [-0.1, -0.05) is 36.9 Å². The molecule has 0 aliphatic rings. The lowest BCUT2D eigenvalue weighted by atomic mass is 10.0. The molecule has 1 heteroatoms. The fourth-order valence-electron chi connectivity index (χ4n) is 1.05. The van der Waals surface area contributed by atoms with Crippen LogP contribution in [0.5, 0.6) is 0 Å². The summed E-state index contributed by atoms with van der Waals surface area (Å²) in [6.07, 6.45) is 2.25. The monoisotopic (exact) mass is 188 g/mol. The first-order chi connectivity index (χ1) is 6.84. The van der Waals surface area contributed by atoms with Crippen LogP contribution in [0.3, 0.4) is 0 Å². The van der Waals surface area contributed by atoms with Crippen molar-refractivity contribution in [3.8, 4) is 0 Å². The summed E-state index contributed by atoms with van der Waals surface area (Å²) >= 11 is 0. The smallest absolute Gasteiger partial charge is 0.120 e. The second-order valence-electron chi connectivity index (χ2n) is 2.67. The van der Waals surface area contributed by atoms with Crippen LogP contribution in [-0.2, 0) is 4.79 Å². The molecule has 0 atom stereocenters. The number of benzene rings is 1. The van der Waals surface area contributed by atoms with E-state index in [-0.39, 0.29) is 0 Å². The van der Waals surface area contributed by atoms with Crippen LogP contribution >= 0.6 is 0 Å². The maximum atomic E-state index is 10.1. The van der Waals surface area contributed by atoms with E-state index in [0.717, 1.165) is 23.8 Å². The van der Waals surface area contributed by atoms with Crippen LogP contribution in [0, 0.1) is 0 Å². The number of aldehydes is 1. The first-order valence-electron chi connectivity index (χ1n) is 4.51. The van der Waals surface area contributed by atoms with Crippen LogP contribution in [0.1, 0.15) is 18.4 Å². The summed E-state index contributed by atoms with van der Waals surface area (Å²) in [6.45, 7) is 9.90. The highest BCUT2D eigenvalue weighted by molar-refractivity contribution is 5.65. The standard InChI is InChI=1S/C11H12O.C2H4/c1-10(6-5-9-12)11-7-3-2-4-8-11;1-2/h2-4,7-9H,1,5-6H2;1-2H2. The molecule has 1 nitrogen and oxygen atoms in total. The van der Waals surface area contributed by atoms with Crippen molar-refractivity contribution in [1.29, 1.82) is 0 Å². The van der Waals surface area contributed by atoms with Crippen LogP contribution in [0.25, 0.3) is 5.57 Å². The first-order valence-corrected chi connectivity index (χ1v) is 4.51. The quantitative estimate of drug-likeness (QED) is 0.522. The molecule has 1 rings (SSSR count). The molecule has 0 heterocycles. The fourth-order valence-corrected chi connectivity index (χ4v) is 1.05. The summed E-state index contributed by atoms with van der Waals surface area (Å²) in [5.41, 5.74) is 2.15. The summed E-state index contributed by atoms with van der Waals surface area (Å²) in [5.74, 6) is 0. The predicted octanol–water partition coefficient (Wildman–Crippen LogP) is 3.48. The van der Waals surface area contributed by atoms with Gasteiger partial charge in [0.05, 0.1) is 0 Å². The molecule has 0 spiro atoms. The number of allylic oxidation sites excluding steroid dienone is 1. The van der Waals surface area contributed by atoms with Gasteiger partial charge in [-0.05, 0) is 17.6 Å². The minimum absolute atomic E-state index is 0.563. The molecule has 0 aromatic heterocycles. The minimum atomic E-state index is 0.563. The van der Waals surface area contributed by atoms with Crippen molar-refractivity contribution < 1.29 is 4.79 Å². The molecule has 0 aliphatic carbocycles. The van der Waals surface area contributed by atoms with Gasteiger partial charge in [-0.2, -0.15) is 0 Å². The van der Waals surface area contributed by atoms with Gasteiger partial charge >= 0.3 is 0 Å². The fraction of sp³-hybridized carbons (Fsp3) is 0.154. The molecule has 0 N–H and O–H groups in total. The van der Waals surface area contributed by atoms with E-state index in [0.29, 0.717) is 6.42 Å². The molecule has 1 aromatic rings. The number of hydrogen-bond acceptors (Lipinski definition) is 1. The Hall–Kier alpha value is -1.63. The Morgan fingerprint density at radius 1 is 1.21 bits per heavy atom. The molecule has 0 unspecified atom stereocenters. The topological polar surface area (TPSA) is 17.1 Å². The van der Waals surface area contributed by atoms with E-state index in [4.69, 9.17) is 0 Å². The predicted molar refractivity (Wildman–Crippen MR) is 62.0 cm³/mol. The van der Waals surface area contributed by atoms with Gasteiger partial charge in [0.1, 0.15) is 6.29 Å². The molecule has 14 heavy (non-hydrogen) atoms. The molecule has 74 valence electrons. The molecular weight excluding hydrogens is 172 g/mol. The molecule has 0 aliphatic heterocycles. The Labute approximate surface area is 85.8 Å². The summed E-state index contributed by atoms with van der Waals surface area (Å²) in [4.78, 5) is 10.1. The minimum Gasteiger partial charge on any atom is -0.303 e. The Morgan fingerprint density at radius 2 is 1.79 bits per heavy atom. The third kappa shape index (κ3) is 4.41. The van der Waals surface area contributed by atoms with E-state index in [1.54, 1.807) is 0 Å². The van der Waals surface area contributed by atoms with E-state index in [9.17, 15) is 4.79 Å². The summed E-state index contributed by atoms with van der Waals surface area (Å²) in [6, 6.07) is 9.93. The normalized spacial score (nSPS) is 8.29. The Balaban J connectivity index is 0.000000791. The van der Waals surface area contributed by atoms with Gasteiger partial charge in [0.25, 0.3) is 0 Å². The van der Waals surface area contributed by atoms with Gasteiger partial charge in [-0.25, -0.2) is 0 Å². The maximum absolute atomic E-state index is 10.1. The van der Waals surface area contributed by atoms with Gasteiger partial charge in [0.2, 0.25) is 0 Å². The van der Waals surface area contributed by atoms with Crippen LogP contribution in [0.2, 0.25) is 0 Å². The Bertz CT molecular complexity index is 275. The average molecular weight is 188 g/mol. The van der Waals surface area contributed by atoms with Crippen LogP contribution in [-0.4, -0.2) is 6.29 Å². The van der Waals surface area contributed by atoms with Gasteiger partial charge in [-0.3, -0.25) is 0 Å². The Morgan fingerprint density at radius 3 is 2.29 bits per heavy atom. The lowest BCUT2D eigenvalue weighted by Gasteiger charge is -2.01. The van der Waals surface area contributed by atoms with Crippen LogP contribution < -0.4 is 0 Å². The SMILES string of the molecule is C=C.C=C(CCC=O)c1ccccc1. The molecule has 0 bridgehead atoms. The Kier molecular flexibility index (Phi) is 7.06. The summed E-state index contributed by atoms with van der Waals surface area (Å²) in [5, 5.41) is 0. The first kappa shape index (κ1) is 12.4. The van der Waals surface area contributed by atoms with Crippen molar-refractivity contribution in [3.63, 3.8) is 0 Å². The molecule has 0 saturated heterocycles. The van der Waals surface area contributed by atoms with E-state index in [1.807, 2.05) is 30.3 Å². The lowest BCUT2D eigenvalue weighted by Crippen LogP contribution is -1.83. The zero-order valence-electron chi connectivity index (χ0n) is 8.41. The molecular formula is C13H16O. The van der Waals surface area contributed by atoms with Crippen molar-refractivity contribution >= 4 is 11.9 Å². The third-order valence-electron chi connectivity index (χ3n) is 1.75. The largest absolute Gasteiger partial charge is 0.303 e. The molecule has 0 saturated carbocycles. The number of carbonyl (C=O) groups is 1. The number of hydrogen-bond donors (Lipinski definition) is 0. The maximum Gasteiger partial charge on any atom is 0.120 e. The van der Waals surface area contributed by atoms with E-state index in [1.165, 1.54) is 0 Å². The van der Waals surface area contributed by atoms with E-state index >= 15 is 0 Å². The number of rotatable bonds is 4. The molecule has 0 radical (unpaired) electrons. The van der Waals surface area contributed by atoms with Crippen LogP contribution in [0.4, 0.5) is 0 Å². The second kappa shape index (κ2) is 7.99. The molecule has 0 fully saturated rings. The lowest BCUT2D eigenvalue weighted by molar-refractivity contribution is -0.107. The summed E-state index contributed by atoms with van der Waals surface area (Å²) in [7, 11) is 0. The van der Waals surface area contributed by atoms with E-state index in [2.05, 4.69) is 19.7 Å². The number of carbonyl (C=O) groups excluding carboxylic acids is 1. The van der Waals surface area contributed by atoms with Gasteiger partial charge in [0, 0.05) is 6.42 Å². The molecule has 1 aromatic carbocycles. The second-order valence-corrected chi connectivity index (χ2v) is 2.67. The average Bonchev–Trinajstić information content (AvgIpc) is 2.30. The third-order valence-corrected chi connectivity index (χ3v) is 1.75. The molecule has 0 amide bonds. The van der Waals surface area contributed by atoms with Crippen LogP contribution in [0.15, 0.2) is 50.1 Å². The van der Waals surface area contributed by atoms with Gasteiger partial charge < -0.3 is 4.79 Å². The van der Waals surface area contributed by atoms with Crippen molar-refractivity contribution in [2.24, 2.45) is 0 Å². The van der Waals surface area contributed by atoms with Crippen molar-refractivity contribution in [3.05, 3.63) is 55.6 Å². The highest BCUT2D eigenvalue weighted by atomic mass is 16.1. The van der Waals surface area contributed by atoms with Gasteiger partial charge in [-0.15, -0.1) is 13.2 Å². The van der Waals surface area contributed by atoms with Crippen molar-refractivity contribution in [2.45, 2.75) is 12.8 Å². The highest BCUT2D eigenvalue weighted by Crippen LogP contribution is 2.15. The summed E-state index contributed by atoms with van der Waals surface area (Å²) < 4.78 is 0. The van der Waals surface area contributed by atoms with Crippen molar-refractivity contribution in [2.75, 3.05) is 0 Å². The zero-order valence-corrected chi connectivity index (χ0v) is 8.41. The highest BCUT2D eigenvalue weighted by Gasteiger charge is 1.95. The van der Waals surface area contributed by atoms with Gasteiger partial charge in [0.15, 0.2) is 0 Å². The van der Waals surface area contributed by atoms with E-state index < -0.39 is 0 Å².